The molecule has 182 valence electrons. The number of likely N-dealkylation sites (N-methyl/N-ethyl adjacent to an activating group) is 1. The van der Waals surface area contributed by atoms with Crippen molar-refractivity contribution in [3.8, 4) is 5.75 Å². The minimum atomic E-state index is -0.496. The number of hydrogen-bond acceptors (Lipinski definition) is 6. The smallest absolute Gasteiger partial charge is 0.294 e. The summed E-state index contributed by atoms with van der Waals surface area (Å²) in [5.41, 5.74) is 5.42. The molecule has 0 radical (unpaired) electrons. The number of benzene rings is 2. The van der Waals surface area contributed by atoms with Crippen LogP contribution in [0.25, 0.3) is 11.6 Å². The number of allylic oxidation sites excluding steroid dienone is 1. The van der Waals surface area contributed by atoms with E-state index in [-0.39, 0.29) is 17.0 Å². The molecule has 3 amide bonds. The van der Waals surface area contributed by atoms with Crippen LogP contribution in [0.2, 0.25) is 0 Å². The second-order valence-corrected chi connectivity index (χ2v) is 10.3. The summed E-state index contributed by atoms with van der Waals surface area (Å²) in [6.45, 7) is 7.95. The molecule has 0 unspecified atom stereocenters. The first kappa shape index (κ1) is 24.6. The molecule has 2 aromatic rings. The van der Waals surface area contributed by atoms with Crippen LogP contribution in [0.15, 0.2) is 47.4 Å². The van der Waals surface area contributed by atoms with Gasteiger partial charge in [0.1, 0.15) is 12.3 Å². The molecule has 0 spiro atoms. The molecule has 1 fully saturated rings. The maximum Gasteiger partial charge on any atom is 0.294 e. The number of carbonyl (C=O) groups excluding carboxylic acids is 3. The average Bonchev–Trinajstić information content (AvgIpc) is 3.06. The van der Waals surface area contributed by atoms with Crippen molar-refractivity contribution in [1.29, 1.82) is 0 Å². The van der Waals surface area contributed by atoms with Crippen LogP contribution in [0.5, 0.6) is 5.75 Å². The second-order valence-electron chi connectivity index (χ2n) is 9.33. The first-order valence-corrected chi connectivity index (χ1v) is 12.1. The molecule has 7 nitrogen and oxygen atoms in total. The summed E-state index contributed by atoms with van der Waals surface area (Å²) in [4.78, 5) is 41.5. The van der Waals surface area contributed by atoms with Crippen LogP contribution in [-0.4, -0.2) is 48.2 Å². The fourth-order valence-electron chi connectivity index (χ4n) is 4.24. The number of anilines is 2. The standard InChI is InChI=1S/C27H29N3O4S/c1-16-7-9-19(10-8-16)28-24(31)15-30-25(32)23(35-26(30)33)12-18-11-20-17(2)14-27(3,4)29(5)21(20)13-22(18)34-6/h7-14H,15H2,1-6H3,(H,28,31)/b23-12+. The number of aryl methyl sites for hydroxylation is 1. The Hall–Kier alpha value is -3.52. The summed E-state index contributed by atoms with van der Waals surface area (Å²) in [5.74, 6) is -0.329. The highest BCUT2D eigenvalue weighted by molar-refractivity contribution is 8.18. The van der Waals surface area contributed by atoms with Gasteiger partial charge >= 0.3 is 0 Å². The largest absolute Gasteiger partial charge is 0.496 e. The number of hydrogen-bond donors (Lipinski definition) is 1. The van der Waals surface area contributed by atoms with Crippen LogP contribution in [-0.2, 0) is 9.59 Å². The van der Waals surface area contributed by atoms with E-state index in [2.05, 4.69) is 37.1 Å². The van der Waals surface area contributed by atoms with Crippen LogP contribution >= 0.6 is 11.8 Å². The first-order chi connectivity index (χ1) is 16.5. The zero-order chi connectivity index (χ0) is 25.5. The van der Waals surface area contributed by atoms with E-state index in [1.807, 2.05) is 38.2 Å². The van der Waals surface area contributed by atoms with Gasteiger partial charge in [-0.25, -0.2) is 0 Å². The lowest BCUT2D eigenvalue weighted by atomic mass is 9.88. The Balaban J connectivity index is 1.58. The molecule has 2 aromatic carbocycles. The quantitative estimate of drug-likeness (QED) is 0.571. The summed E-state index contributed by atoms with van der Waals surface area (Å²) in [5, 5.41) is 2.25. The van der Waals surface area contributed by atoms with E-state index in [0.717, 1.165) is 39.0 Å². The molecule has 0 atom stereocenters. The van der Waals surface area contributed by atoms with Gasteiger partial charge in [-0.2, -0.15) is 0 Å². The van der Waals surface area contributed by atoms with E-state index in [1.165, 1.54) is 0 Å². The SMILES string of the molecule is COc1cc2c(cc1/C=C1/SC(=O)N(CC(=O)Nc3ccc(C)cc3)C1=O)C(C)=CC(C)(C)N2C. The number of ether oxygens (including phenoxy) is 1. The topological polar surface area (TPSA) is 79.0 Å². The van der Waals surface area contributed by atoms with Gasteiger partial charge in [-0.15, -0.1) is 0 Å². The van der Waals surface area contributed by atoms with Crippen molar-refractivity contribution in [2.75, 3.05) is 30.9 Å². The Morgan fingerprint density at radius 3 is 2.49 bits per heavy atom. The van der Waals surface area contributed by atoms with Gasteiger partial charge in [0.25, 0.3) is 11.1 Å². The molecule has 2 aliphatic rings. The third kappa shape index (κ3) is 4.84. The van der Waals surface area contributed by atoms with Crippen molar-refractivity contribution < 1.29 is 19.1 Å². The summed E-state index contributed by atoms with van der Waals surface area (Å²) < 4.78 is 5.63. The lowest BCUT2D eigenvalue weighted by molar-refractivity contribution is -0.127. The fraction of sp³-hybridized carbons (Fsp3) is 0.296. The molecule has 0 aromatic heterocycles. The second kappa shape index (κ2) is 9.26. The maximum absolute atomic E-state index is 13.0. The minimum absolute atomic E-state index is 0.147. The van der Waals surface area contributed by atoms with Crippen molar-refractivity contribution in [1.82, 2.24) is 4.90 Å². The van der Waals surface area contributed by atoms with Crippen LogP contribution in [0, 0.1) is 6.92 Å². The number of carbonyl (C=O) groups is 3. The molecule has 0 aliphatic carbocycles. The number of nitrogens with zero attached hydrogens (tertiary/aromatic N) is 2. The third-order valence-corrected chi connectivity index (χ3v) is 7.27. The minimum Gasteiger partial charge on any atom is -0.496 e. The van der Waals surface area contributed by atoms with E-state index >= 15 is 0 Å². The van der Waals surface area contributed by atoms with E-state index in [9.17, 15) is 14.4 Å². The molecule has 4 rings (SSSR count). The summed E-state index contributed by atoms with van der Waals surface area (Å²) in [6, 6.07) is 11.2. The number of thioether (sulfide) groups is 1. The molecule has 1 saturated heterocycles. The van der Waals surface area contributed by atoms with Crippen molar-refractivity contribution in [2.24, 2.45) is 0 Å². The molecule has 8 heteroatoms. The molecular formula is C27H29N3O4S. The van der Waals surface area contributed by atoms with Crippen LogP contribution in [0.4, 0.5) is 16.2 Å². The van der Waals surface area contributed by atoms with Crippen molar-refractivity contribution >= 4 is 51.8 Å². The monoisotopic (exact) mass is 491 g/mol. The highest BCUT2D eigenvalue weighted by atomic mass is 32.2. The Labute approximate surface area is 209 Å². The van der Waals surface area contributed by atoms with Crippen LogP contribution in [0.1, 0.15) is 37.5 Å². The maximum atomic E-state index is 13.0. The average molecular weight is 492 g/mol. The Morgan fingerprint density at radius 1 is 1.14 bits per heavy atom. The van der Waals surface area contributed by atoms with Crippen molar-refractivity contribution in [3.63, 3.8) is 0 Å². The zero-order valence-electron chi connectivity index (χ0n) is 20.8. The van der Waals surface area contributed by atoms with E-state index in [0.29, 0.717) is 17.0 Å². The normalized spacial score (nSPS) is 18.0. The van der Waals surface area contributed by atoms with E-state index in [4.69, 9.17) is 4.74 Å². The molecule has 2 heterocycles. The zero-order valence-corrected chi connectivity index (χ0v) is 21.6. The third-order valence-electron chi connectivity index (χ3n) is 6.37. The summed E-state index contributed by atoms with van der Waals surface area (Å²) in [6.07, 6.45) is 3.86. The van der Waals surface area contributed by atoms with Gasteiger partial charge < -0.3 is 15.0 Å². The Morgan fingerprint density at radius 2 is 1.83 bits per heavy atom. The van der Waals surface area contributed by atoms with Gasteiger partial charge in [-0.3, -0.25) is 19.3 Å². The Bertz CT molecular complexity index is 1280. The fourth-order valence-corrected chi connectivity index (χ4v) is 5.07. The van der Waals surface area contributed by atoms with Crippen LogP contribution < -0.4 is 15.0 Å². The molecule has 0 saturated carbocycles. The number of fused-ring (bicyclic) bond motifs is 1. The molecule has 35 heavy (non-hydrogen) atoms. The number of amides is 3. The van der Waals surface area contributed by atoms with Gasteiger partial charge in [-0.05, 0) is 69.3 Å². The lowest BCUT2D eigenvalue weighted by Crippen LogP contribution is -2.42. The number of imide groups is 1. The van der Waals surface area contributed by atoms with Gasteiger partial charge in [0.15, 0.2) is 0 Å². The van der Waals surface area contributed by atoms with Gasteiger partial charge in [0, 0.05) is 35.6 Å². The van der Waals surface area contributed by atoms with E-state index in [1.54, 1.807) is 25.3 Å². The van der Waals surface area contributed by atoms with E-state index < -0.39 is 17.1 Å². The predicted octanol–water partition coefficient (Wildman–Crippen LogP) is 5.31. The molecule has 2 aliphatic heterocycles. The highest BCUT2D eigenvalue weighted by Crippen LogP contribution is 2.42. The Kier molecular flexibility index (Phi) is 6.51. The predicted molar refractivity (Wildman–Crippen MR) is 142 cm³/mol. The number of nitrogens with one attached hydrogen (secondary N) is 1. The molecule has 0 bridgehead atoms. The molecule has 1 N–H and O–H groups in total. The highest BCUT2D eigenvalue weighted by Gasteiger charge is 2.37. The van der Waals surface area contributed by atoms with Gasteiger partial charge in [0.05, 0.1) is 17.6 Å². The summed E-state index contributed by atoms with van der Waals surface area (Å²) in [7, 11) is 3.62. The molecular weight excluding hydrogens is 462 g/mol. The van der Waals surface area contributed by atoms with Gasteiger partial charge in [0.2, 0.25) is 5.91 Å². The van der Waals surface area contributed by atoms with Crippen molar-refractivity contribution in [2.45, 2.75) is 33.2 Å². The van der Waals surface area contributed by atoms with Crippen molar-refractivity contribution in [3.05, 3.63) is 64.1 Å². The lowest BCUT2D eigenvalue weighted by Gasteiger charge is -2.41. The first-order valence-electron chi connectivity index (χ1n) is 11.3. The summed E-state index contributed by atoms with van der Waals surface area (Å²) >= 11 is 0.823. The number of rotatable bonds is 5. The van der Waals surface area contributed by atoms with Crippen LogP contribution in [0.3, 0.4) is 0 Å². The number of methoxy groups -OCH3 is 1. The van der Waals surface area contributed by atoms with Gasteiger partial charge in [-0.1, -0.05) is 23.8 Å².